The zero-order chi connectivity index (χ0) is 12.7. The van der Waals surface area contributed by atoms with E-state index in [1.165, 1.54) is 0 Å². The van der Waals surface area contributed by atoms with Crippen LogP contribution in [0.1, 0.15) is 40.5 Å². The van der Waals surface area contributed by atoms with Crippen molar-refractivity contribution in [1.82, 2.24) is 5.32 Å². The van der Waals surface area contributed by atoms with Crippen molar-refractivity contribution in [3.8, 4) is 0 Å². The van der Waals surface area contributed by atoms with Crippen LogP contribution in [0.2, 0.25) is 0 Å². The van der Waals surface area contributed by atoms with Crippen LogP contribution >= 0.6 is 12.4 Å². The van der Waals surface area contributed by atoms with Gasteiger partial charge in [-0.15, -0.1) is 12.4 Å². The molecule has 0 aliphatic heterocycles. The molecule has 104 valence electrons. The van der Waals surface area contributed by atoms with Crippen molar-refractivity contribution in [3.05, 3.63) is 0 Å². The van der Waals surface area contributed by atoms with E-state index >= 15 is 0 Å². The average Bonchev–Trinajstić information content (AvgIpc) is 2.11. The Morgan fingerprint density at radius 1 is 1.24 bits per heavy atom. The molecule has 0 bridgehead atoms. The topological polar surface area (TPSA) is 75.4 Å². The molecule has 4 N–H and O–H groups in total. The largest absolute Gasteiger partial charge is 0.393 e. The Morgan fingerprint density at radius 2 is 1.76 bits per heavy atom. The molecular weight excluding hydrogens is 240 g/mol. The van der Waals surface area contributed by atoms with E-state index in [0.29, 0.717) is 25.3 Å². The Hall–Kier alpha value is -0.320. The molecule has 0 aromatic carbocycles. The van der Waals surface area contributed by atoms with Crippen LogP contribution in [0.25, 0.3) is 0 Å². The number of amides is 1. The third-order valence-electron chi connectivity index (χ3n) is 2.43. The fourth-order valence-corrected chi connectivity index (χ4v) is 1.69. The minimum atomic E-state index is -0.418. The number of nitrogens with two attached hydrogens (primary N) is 1. The van der Waals surface area contributed by atoms with Gasteiger partial charge in [-0.05, 0) is 31.6 Å². The molecule has 4 nitrogen and oxygen atoms in total. The van der Waals surface area contributed by atoms with E-state index in [-0.39, 0.29) is 30.3 Å². The van der Waals surface area contributed by atoms with Crippen LogP contribution in [0.4, 0.5) is 0 Å². The second kappa shape index (κ2) is 9.68. The maximum Gasteiger partial charge on any atom is 0.236 e. The minimum absolute atomic E-state index is 0. The molecule has 0 heterocycles. The lowest BCUT2D eigenvalue weighted by molar-refractivity contribution is -0.122. The van der Waals surface area contributed by atoms with Gasteiger partial charge < -0.3 is 16.2 Å². The zero-order valence-corrected chi connectivity index (χ0v) is 12.1. The van der Waals surface area contributed by atoms with Crippen molar-refractivity contribution in [1.29, 1.82) is 0 Å². The number of hydrogen-bond donors (Lipinski definition) is 3. The SMILES string of the molecule is CC(C)C[C@H](N)C(=O)NCC(C)CC(C)O.Cl. The molecule has 0 spiro atoms. The fraction of sp³-hybridized carbons (Fsp3) is 0.917. The summed E-state index contributed by atoms with van der Waals surface area (Å²) in [6, 6.07) is -0.418. The van der Waals surface area contributed by atoms with E-state index in [9.17, 15) is 9.90 Å². The number of halogens is 1. The highest BCUT2D eigenvalue weighted by atomic mass is 35.5. The molecule has 0 aromatic heterocycles. The smallest absolute Gasteiger partial charge is 0.236 e. The molecule has 1 amide bonds. The number of aliphatic hydroxyl groups excluding tert-OH is 1. The van der Waals surface area contributed by atoms with Crippen LogP contribution in [-0.2, 0) is 4.79 Å². The first kappa shape index (κ1) is 19.0. The average molecular weight is 267 g/mol. The van der Waals surface area contributed by atoms with E-state index in [1.54, 1.807) is 6.92 Å². The number of carbonyl (C=O) groups excluding carboxylic acids is 1. The van der Waals surface area contributed by atoms with Crippen LogP contribution in [-0.4, -0.2) is 29.7 Å². The Bertz CT molecular complexity index is 211. The second-order valence-electron chi connectivity index (χ2n) is 5.17. The van der Waals surface area contributed by atoms with Gasteiger partial charge in [-0.25, -0.2) is 0 Å². The summed E-state index contributed by atoms with van der Waals surface area (Å²) >= 11 is 0. The Kier molecular flexibility index (Phi) is 10.8. The van der Waals surface area contributed by atoms with E-state index in [0.717, 1.165) is 0 Å². The molecule has 0 saturated heterocycles. The standard InChI is InChI=1S/C12H26N2O2.ClH/c1-8(2)5-11(13)12(16)14-7-9(3)6-10(4)15;/h8-11,15H,5-7,13H2,1-4H3,(H,14,16);1H/t9?,10?,11-;/m0./s1. The van der Waals surface area contributed by atoms with Crippen LogP contribution in [0.3, 0.4) is 0 Å². The quantitative estimate of drug-likeness (QED) is 0.650. The predicted octanol–water partition coefficient (Wildman–Crippen LogP) is 1.30. The van der Waals surface area contributed by atoms with Crippen molar-refractivity contribution < 1.29 is 9.90 Å². The van der Waals surface area contributed by atoms with Crippen molar-refractivity contribution in [2.45, 2.75) is 52.7 Å². The summed E-state index contributed by atoms with van der Waals surface area (Å²) in [6.07, 6.45) is 1.08. The Balaban J connectivity index is 0. The number of aliphatic hydroxyl groups is 1. The van der Waals surface area contributed by atoms with Crippen LogP contribution in [0.5, 0.6) is 0 Å². The molecule has 5 heteroatoms. The third-order valence-corrected chi connectivity index (χ3v) is 2.43. The lowest BCUT2D eigenvalue weighted by Crippen LogP contribution is -2.43. The molecule has 0 rings (SSSR count). The molecule has 0 aliphatic rings. The van der Waals surface area contributed by atoms with Crippen molar-refractivity contribution >= 4 is 18.3 Å². The molecule has 0 radical (unpaired) electrons. The first-order valence-electron chi connectivity index (χ1n) is 6.04. The van der Waals surface area contributed by atoms with Crippen molar-refractivity contribution in [2.75, 3.05) is 6.54 Å². The highest BCUT2D eigenvalue weighted by Crippen LogP contribution is 2.05. The number of rotatable bonds is 7. The number of nitrogens with one attached hydrogen (secondary N) is 1. The van der Waals surface area contributed by atoms with Gasteiger partial charge in [0, 0.05) is 6.54 Å². The van der Waals surface area contributed by atoms with Gasteiger partial charge in [-0.1, -0.05) is 20.8 Å². The molecule has 0 aromatic rings. The summed E-state index contributed by atoms with van der Waals surface area (Å²) in [6.45, 7) is 8.42. The first-order chi connectivity index (χ1) is 7.32. The van der Waals surface area contributed by atoms with E-state index in [2.05, 4.69) is 5.32 Å². The van der Waals surface area contributed by atoms with Gasteiger partial charge in [0.2, 0.25) is 5.91 Å². The van der Waals surface area contributed by atoms with E-state index in [1.807, 2.05) is 20.8 Å². The summed E-state index contributed by atoms with van der Waals surface area (Å²) in [5, 5.41) is 12.0. The lowest BCUT2D eigenvalue weighted by atomic mass is 10.0. The lowest BCUT2D eigenvalue weighted by Gasteiger charge is -2.17. The maximum absolute atomic E-state index is 11.6. The van der Waals surface area contributed by atoms with Gasteiger partial charge in [-0.3, -0.25) is 4.79 Å². The minimum Gasteiger partial charge on any atom is -0.393 e. The summed E-state index contributed by atoms with van der Waals surface area (Å²) in [4.78, 5) is 11.6. The van der Waals surface area contributed by atoms with E-state index < -0.39 is 6.04 Å². The van der Waals surface area contributed by atoms with Crippen molar-refractivity contribution in [2.24, 2.45) is 17.6 Å². The molecule has 17 heavy (non-hydrogen) atoms. The monoisotopic (exact) mass is 266 g/mol. The van der Waals surface area contributed by atoms with E-state index in [4.69, 9.17) is 5.73 Å². The first-order valence-corrected chi connectivity index (χ1v) is 6.04. The second-order valence-corrected chi connectivity index (χ2v) is 5.17. The van der Waals surface area contributed by atoms with Gasteiger partial charge in [0.15, 0.2) is 0 Å². The summed E-state index contributed by atoms with van der Waals surface area (Å²) < 4.78 is 0. The maximum atomic E-state index is 11.6. The van der Waals surface area contributed by atoms with Crippen LogP contribution in [0.15, 0.2) is 0 Å². The van der Waals surface area contributed by atoms with Gasteiger partial charge in [0.1, 0.15) is 0 Å². The molecule has 0 fully saturated rings. The van der Waals surface area contributed by atoms with Crippen molar-refractivity contribution in [3.63, 3.8) is 0 Å². The number of carbonyl (C=O) groups is 1. The van der Waals surface area contributed by atoms with Gasteiger partial charge >= 0.3 is 0 Å². The molecule has 2 unspecified atom stereocenters. The van der Waals surface area contributed by atoms with Crippen LogP contribution in [0, 0.1) is 11.8 Å². The zero-order valence-electron chi connectivity index (χ0n) is 11.3. The third kappa shape index (κ3) is 10.5. The number of hydrogen-bond acceptors (Lipinski definition) is 3. The molecular formula is C12H27ClN2O2. The van der Waals surface area contributed by atoms with Crippen LogP contribution < -0.4 is 11.1 Å². The van der Waals surface area contributed by atoms with Gasteiger partial charge in [0.25, 0.3) is 0 Å². The molecule has 0 aliphatic carbocycles. The van der Waals surface area contributed by atoms with Gasteiger partial charge in [-0.2, -0.15) is 0 Å². The molecule has 0 saturated carbocycles. The normalized spacial score (nSPS) is 15.9. The fourth-order valence-electron chi connectivity index (χ4n) is 1.69. The predicted molar refractivity (Wildman–Crippen MR) is 73.1 cm³/mol. The highest BCUT2D eigenvalue weighted by Gasteiger charge is 2.15. The summed E-state index contributed by atoms with van der Waals surface area (Å²) in [5.74, 6) is 0.608. The Labute approximate surface area is 111 Å². The Morgan fingerprint density at radius 3 is 2.18 bits per heavy atom. The highest BCUT2D eigenvalue weighted by molar-refractivity contribution is 5.85. The van der Waals surface area contributed by atoms with Gasteiger partial charge in [0.05, 0.1) is 12.1 Å². The summed E-state index contributed by atoms with van der Waals surface area (Å²) in [7, 11) is 0. The summed E-state index contributed by atoms with van der Waals surface area (Å²) in [5.41, 5.74) is 5.74. The molecule has 3 atom stereocenters.